The van der Waals surface area contributed by atoms with Gasteiger partial charge in [-0.3, -0.25) is 9.48 Å². The van der Waals surface area contributed by atoms with Crippen LogP contribution in [0.15, 0.2) is 48.2 Å². The molecule has 1 aromatic heterocycles. The SMILES string of the molecule is C/C=C(\C#N)CN1Cc2c(-c3ccc4cnn(C)c4c3)ccc(NC)c2C1=O. The van der Waals surface area contributed by atoms with Gasteiger partial charge in [0.2, 0.25) is 0 Å². The minimum absolute atomic E-state index is 0.0441. The molecule has 0 saturated heterocycles. The number of hydrogen-bond donors (Lipinski definition) is 1. The molecular formula is C22H21N5O. The zero-order valence-electron chi connectivity index (χ0n) is 16.2. The van der Waals surface area contributed by atoms with Crippen molar-refractivity contribution in [3.05, 3.63) is 59.3 Å². The van der Waals surface area contributed by atoms with Crippen molar-refractivity contribution in [2.45, 2.75) is 13.5 Å². The molecule has 6 heteroatoms. The molecule has 0 atom stereocenters. The Balaban J connectivity index is 1.83. The second-order valence-electron chi connectivity index (χ2n) is 6.89. The Labute approximate surface area is 163 Å². The fourth-order valence-corrected chi connectivity index (χ4v) is 3.79. The Kier molecular flexibility index (Phi) is 4.36. The topological polar surface area (TPSA) is 74.0 Å². The van der Waals surface area contributed by atoms with E-state index in [0.717, 1.165) is 33.3 Å². The number of anilines is 1. The van der Waals surface area contributed by atoms with Crippen molar-refractivity contribution in [3.8, 4) is 17.2 Å². The number of aromatic nitrogens is 2. The number of allylic oxidation sites excluding steroid dienone is 1. The molecule has 1 aliphatic rings. The van der Waals surface area contributed by atoms with Crippen LogP contribution in [0.1, 0.15) is 22.8 Å². The summed E-state index contributed by atoms with van der Waals surface area (Å²) >= 11 is 0. The lowest BCUT2D eigenvalue weighted by atomic mass is 9.95. The van der Waals surface area contributed by atoms with Gasteiger partial charge >= 0.3 is 0 Å². The maximum Gasteiger partial charge on any atom is 0.256 e. The zero-order chi connectivity index (χ0) is 19.8. The summed E-state index contributed by atoms with van der Waals surface area (Å²) in [5, 5.41) is 17.8. The summed E-state index contributed by atoms with van der Waals surface area (Å²) in [6.07, 6.45) is 3.60. The Hall–Kier alpha value is -3.59. The summed E-state index contributed by atoms with van der Waals surface area (Å²) in [6, 6.07) is 12.4. The number of fused-ring (bicyclic) bond motifs is 2. The first-order chi connectivity index (χ1) is 13.6. The molecule has 6 nitrogen and oxygen atoms in total. The highest BCUT2D eigenvalue weighted by Crippen LogP contribution is 2.38. The molecule has 0 spiro atoms. The predicted molar refractivity (Wildman–Crippen MR) is 110 cm³/mol. The molecule has 2 heterocycles. The number of carbonyl (C=O) groups excluding carboxylic acids is 1. The highest BCUT2D eigenvalue weighted by atomic mass is 16.2. The van der Waals surface area contributed by atoms with Crippen LogP contribution in [0.4, 0.5) is 5.69 Å². The second kappa shape index (κ2) is 6.86. The molecule has 140 valence electrons. The minimum atomic E-state index is -0.0441. The number of nitrogens with one attached hydrogen (secondary N) is 1. The van der Waals surface area contributed by atoms with E-state index in [-0.39, 0.29) is 5.91 Å². The lowest BCUT2D eigenvalue weighted by molar-refractivity contribution is 0.0794. The smallest absolute Gasteiger partial charge is 0.256 e. The van der Waals surface area contributed by atoms with E-state index in [0.29, 0.717) is 24.2 Å². The molecule has 0 fully saturated rings. The second-order valence-corrected chi connectivity index (χ2v) is 6.89. The van der Waals surface area contributed by atoms with E-state index in [1.165, 1.54) is 0 Å². The van der Waals surface area contributed by atoms with Crippen LogP contribution in [0.2, 0.25) is 0 Å². The van der Waals surface area contributed by atoms with Gasteiger partial charge in [-0.2, -0.15) is 10.4 Å². The number of aryl methyl sites for hydroxylation is 1. The number of hydrogen-bond acceptors (Lipinski definition) is 4. The number of rotatable bonds is 4. The first-order valence-electron chi connectivity index (χ1n) is 9.17. The quantitative estimate of drug-likeness (QED) is 0.710. The molecule has 0 bridgehead atoms. The van der Waals surface area contributed by atoms with E-state index in [9.17, 15) is 10.1 Å². The predicted octanol–water partition coefficient (Wildman–Crippen LogP) is 3.71. The van der Waals surface area contributed by atoms with Crippen LogP contribution >= 0.6 is 0 Å². The number of amides is 1. The molecule has 1 aliphatic heterocycles. The van der Waals surface area contributed by atoms with Crippen molar-refractivity contribution in [1.82, 2.24) is 14.7 Å². The molecular weight excluding hydrogens is 350 g/mol. The third kappa shape index (κ3) is 2.72. The normalized spacial score (nSPS) is 13.7. The Morgan fingerprint density at radius 2 is 2.18 bits per heavy atom. The average Bonchev–Trinajstić information content (AvgIpc) is 3.25. The van der Waals surface area contributed by atoms with Gasteiger partial charge in [0.15, 0.2) is 0 Å². The Morgan fingerprint density at radius 1 is 1.36 bits per heavy atom. The lowest BCUT2D eigenvalue weighted by Crippen LogP contribution is -2.26. The molecule has 0 radical (unpaired) electrons. The lowest BCUT2D eigenvalue weighted by Gasteiger charge is -2.14. The number of benzene rings is 2. The van der Waals surface area contributed by atoms with E-state index in [4.69, 9.17) is 0 Å². The summed E-state index contributed by atoms with van der Waals surface area (Å²) in [4.78, 5) is 14.8. The van der Waals surface area contributed by atoms with Crippen LogP contribution in [-0.4, -0.2) is 34.2 Å². The molecule has 0 aliphatic carbocycles. The molecule has 1 amide bonds. The third-order valence-electron chi connectivity index (χ3n) is 5.35. The van der Waals surface area contributed by atoms with E-state index < -0.39 is 0 Å². The average molecular weight is 371 g/mol. The van der Waals surface area contributed by atoms with Crippen LogP contribution in [0, 0.1) is 11.3 Å². The summed E-state index contributed by atoms with van der Waals surface area (Å²) < 4.78 is 1.85. The van der Waals surface area contributed by atoms with E-state index >= 15 is 0 Å². The minimum Gasteiger partial charge on any atom is -0.387 e. The van der Waals surface area contributed by atoms with Gasteiger partial charge in [-0.05, 0) is 35.7 Å². The van der Waals surface area contributed by atoms with Crippen molar-refractivity contribution in [2.75, 3.05) is 18.9 Å². The fourth-order valence-electron chi connectivity index (χ4n) is 3.79. The van der Waals surface area contributed by atoms with Crippen molar-refractivity contribution in [2.24, 2.45) is 7.05 Å². The molecule has 28 heavy (non-hydrogen) atoms. The van der Waals surface area contributed by atoms with Crippen LogP contribution in [0.25, 0.3) is 22.0 Å². The van der Waals surface area contributed by atoms with E-state index in [1.54, 1.807) is 11.0 Å². The molecule has 3 aromatic rings. The van der Waals surface area contributed by atoms with Crippen LogP contribution in [0.5, 0.6) is 0 Å². The van der Waals surface area contributed by atoms with Gasteiger partial charge in [0.05, 0.1) is 29.9 Å². The highest BCUT2D eigenvalue weighted by Gasteiger charge is 2.32. The largest absolute Gasteiger partial charge is 0.387 e. The number of nitriles is 1. The fraction of sp³-hybridized carbons (Fsp3) is 0.227. The third-order valence-corrected chi connectivity index (χ3v) is 5.35. The standard InChI is InChI=1S/C22H21N5O/c1-4-14(10-23)12-27-13-18-17(7-8-19(24-2)21(18)22(27)28)15-5-6-16-11-25-26(3)20(16)9-15/h4-9,11,24H,12-13H2,1-3H3/b14-4+. The van der Waals surface area contributed by atoms with Gasteiger partial charge in [-0.15, -0.1) is 0 Å². The summed E-state index contributed by atoms with van der Waals surface area (Å²) in [7, 11) is 3.74. The molecule has 2 aromatic carbocycles. The van der Waals surface area contributed by atoms with Crippen molar-refractivity contribution >= 4 is 22.5 Å². The van der Waals surface area contributed by atoms with Gasteiger partial charge in [0, 0.05) is 37.3 Å². The highest BCUT2D eigenvalue weighted by molar-refractivity contribution is 6.06. The Bertz CT molecular complexity index is 1170. The molecule has 1 N–H and O–H groups in total. The van der Waals surface area contributed by atoms with E-state index in [2.05, 4.69) is 40.8 Å². The summed E-state index contributed by atoms with van der Waals surface area (Å²) in [6.45, 7) is 2.63. The maximum absolute atomic E-state index is 13.1. The first kappa shape index (κ1) is 17.8. The van der Waals surface area contributed by atoms with Gasteiger partial charge in [-0.1, -0.05) is 24.3 Å². The number of carbonyl (C=O) groups is 1. The Morgan fingerprint density at radius 3 is 2.89 bits per heavy atom. The monoisotopic (exact) mass is 371 g/mol. The van der Waals surface area contributed by atoms with E-state index in [1.807, 2.05) is 38.0 Å². The molecule has 4 rings (SSSR count). The molecule has 0 saturated carbocycles. The van der Waals surface area contributed by atoms with Crippen LogP contribution in [0.3, 0.4) is 0 Å². The van der Waals surface area contributed by atoms with Crippen LogP contribution in [-0.2, 0) is 13.6 Å². The van der Waals surface area contributed by atoms with Gasteiger partial charge in [0.25, 0.3) is 5.91 Å². The molecule has 0 unspecified atom stereocenters. The van der Waals surface area contributed by atoms with Gasteiger partial charge in [-0.25, -0.2) is 0 Å². The van der Waals surface area contributed by atoms with Crippen LogP contribution < -0.4 is 5.32 Å². The van der Waals surface area contributed by atoms with Gasteiger partial charge < -0.3 is 10.2 Å². The number of nitrogens with zero attached hydrogens (tertiary/aromatic N) is 4. The summed E-state index contributed by atoms with van der Waals surface area (Å²) in [5.41, 5.74) is 6.22. The maximum atomic E-state index is 13.1. The van der Waals surface area contributed by atoms with Crippen molar-refractivity contribution < 1.29 is 4.79 Å². The first-order valence-corrected chi connectivity index (χ1v) is 9.17. The van der Waals surface area contributed by atoms with Crippen molar-refractivity contribution in [1.29, 1.82) is 5.26 Å². The summed E-state index contributed by atoms with van der Waals surface area (Å²) in [5.74, 6) is -0.0441. The van der Waals surface area contributed by atoms with Crippen molar-refractivity contribution in [3.63, 3.8) is 0 Å². The zero-order valence-corrected chi connectivity index (χ0v) is 16.2. The van der Waals surface area contributed by atoms with Gasteiger partial charge in [0.1, 0.15) is 0 Å².